The van der Waals surface area contributed by atoms with Crippen molar-refractivity contribution in [2.45, 2.75) is 51.7 Å². The number of likely N-dealkylation sites (N-methyl/N-ethyl adjacent to an activating group) is 1. The summed E-state index contributed by atoms with van der Waals surface area (Å²) in [7, 11) is 2.00. The Bertz CT molecular complexity index is 752. The number of rotatable bonds is 6. The number of piperazine rings is 1. The molecule has 1 aliphatic rings. The Morgan fingerprint density at radius 2 is 1.73 bits per heavy atom. The van der Waals surface area contributed by atoms with Crippen LogP contribution in [0.4, 0.5) is 10.5 Å². The fourth-order valence-corrected chi connectivity index (χ4v) is 3.50. The van der Waals surface area contributed by atoms with Crippen LogP contribution in [0.15, 0.2) is 24.3 Å². The normalized spacial score (nSPS) is 17.2. The molecule has 9 nitrogen and oxygen atoms in total. The number of nitro groups is 1. The van der Waals surface area contributed by atoms with Gasteiger partial charge in [-0.15, -0.1) is 0 Å². The molecular formula is C21H32N4O5. The topological polar surface area (TPSA) is 105 Å². The summed E-state index contributed by atoms with van der Waals surface area (Å²) in [6.45, 7) is 9.90. The molecular weight excluding hydrogens is 388 g/mol. The lowest BCUT2D eigenvalue weighted by Crippen LogP contribution is -2.56. The van der Waals surface area contributed by atoms with Crippen molar-refractivity contribution in [3.63, 3.8) is 0 Å². The number of nitro benzene ring substituents is 1. The van der Waals surface area contributed by atoms with Crippen LogP contribution < -0.4 is 5.32 Å². The highest BCUT2D eigenvalue weighted by molar-refractivity contribution is 5.87. The molecule has 2 atom stereocenters. The zero-order valence-corrected chi connectivity index (χ0v) is 18.4. The van der Waals surface area contributed by atoms with Crippen molar-refractivity contribution in [3.8, 4) is 0 Å². The van der Waals surface area contributed by atoms with Gasteiger partial charge in [-0.1, -0.05) is 19.1 Å². The zero-order chi connectivity index (χ0) is 22.5. The molecule has 0 spiro atoms. The van der Waals surface area contributed by atoms with Gasteiger partial charge in [-0.25, -0.2) is 4.79 Å². The second-order valence-electron chi connectivity index (χ2n) is 8.62. The lowest BCUT2D eigenvalue weighted by atomic mass is 9.88. The van der Waals surface area contributed by atoms with Crippen LogP contribution in [0, 0.1) is 10.1 Å². The highest BCUT2D eigenvalue weighted by atomic mass is 16.6. The Morgan fingerprint density at radius 1 is 1.17 bits per heavy atom. The third kappa shape index (κ3) is 6.41. The average molecular weight is 421 g/mol. The van der Waals surface area contributed by atoms with Crippen LogP contribution in [0.2, 0.25) is 0 Å². The third-order valence-electron chi connectivity index (χ3n) is 5.13. The van der Waals surface area contributed by atoms with Crippen LogP contribution in [-0.2, 0) is 9.53 Å². The van der Waals surface area contributed by atoms with Gasteiger partial charge in [0, 0.05) is 44.2 Å². The largest absolute Gasteiger partial charge is 0.444 e. The van der Waals surface area contributed by atoms with Crippen LogP contribution >= 0.6 is 0 Å². The van der Waals surface area contributed by atoms with E-state index in [4.69, 9.17) is 4.74 Å². The molecule has 166 valence electrons. The van der Waals surface area contributed by atoms with Gasteiger partial charge in [0.15, 0.2) is 0 Å². The second-order valence-corrected chi connectivity index (χ2v) is 8.62. The van der Waals surface area contributed by atoms with E-state index in [1.807, 2.05) is 14.0 Å². The number of hydrogen-bond acceptors (Lipinski definition) is 6. The first-order valence-corrected chi connectivity index (χ1v) is 10.2. The van der Waals surface area contributed by atoms with E-state index in [2.05, 4.69) is 10.2 Å². The lowest BCUT2D eigenvalue weighted by Gasteiger charge is -2.37. The predicted molar refractivity (Wildman–Crippen MR) is 113 cm³/mol. The zero-order valence-electron chi connectivity index (χ0n) is 18.4. The van der Waals surface area contributed by atoms with Crippen LogP contribution in [-0.4, -0.2) is 71.6 Å². The van der Waals surface area contributed by atoms with Gasteiger partial charge >= 0.3 is 6.09 Å². The summed E-state index contributed by atoms with van der Waals surface area (Å²) in [4.78, 5) is 40.3. The molecule has 1 aliphatic heterocycles. The minimum absolute atomic E-state index is 0.0179. The lowest BCUT2D eigenvalue weighted by molar-refractivity contribution is -0.384. The predicted octanol–water partition coefficient (Wildman–Crippen LogP) is 2.76. The minimum Gasteiger partial charge on any atom is -0.444 e. The van der Waals surface area contributed by atoms with E-state index in [1.54, 1.807) is 37.8 Å². The van der Waals surface area contributed by atoms with Crippen molar-refractivity contribution >= 4 is 17.7 Å². The molecule has 0 bridgehead atoms. The third-order valence-corrected chi connectivity index (χ3v) is 5.13. The van der Waals surface area contributed by atoms with Gasteiger partial charge < -0.3 is 19.9 Å². The van der Waals surface area contributed by atoms with Crippen LogP contribution in [0.5, 0.6) is 0 Å². The van der Waals surface area contributed by atoms with Gasteiger partial charge in [-0.2, -0.15) is 0 Å². The van der Waals surface area contributed by atoms with E-state index < -0.39 is 22.7 Å². The number of hydrogen-bond donors (Lipinski definition) is 1. The molecule has 0 aromatic heterocycles. The molecule has 0 saturated carbocycles. The van der Waals surface area contributed by atoms with Crippen molar-refractivity contribution in [1.82, 2.24) is 15.1 Å². The summed E-state index contributed by atoms with van der Waals surface area (Å²) in [5.74, 6) is -0.510. The van der Waals surface area contributed by atoms with Gasteiger partial charge in [0.2, 0.25) is 5.91 Å². The first-order chi connectivity index (χ1) is 14.0. The Morgan fingerprint density at radius 3 is 2.20 bits per heavy atom. The second kappa shape index (κ2) is 9.88. The van der Waals surface area contributed by atoms with Gasteiger partial charge in [0.25, 0.3) is 5.69 Å². The van der Waals surface area contributed by atoms with Crippen LogP contribution in [0.1, 0.15) is 45.6 Å². The molecule has 0 aliphatic carbocycles. The summed E-state index contributed by atoms with van der Waals surface area (Å²) >= 11 is 0. The molecule has 1 saturated heterocycles. The van der Waals surface area contributed by atoms with E-state index in [9.17, 15) is 19.7 Å². The molecule has 1 N–H and O–H groups in total. The number of carbonyl (C=O) groups excluding carboxylic acids is 2. The maximum atomic E-state index is 13.4. The monoisotopic (exact) mass is 420 g/mol. The van der Waals surface area contributed by atoms with Gasteiger partial charge in [0.05, 0.1) is 4.92 Å². The number of benzene rings is 1. The van der Waals surface area contributed by atoms with E-state index >= 15 is 0 Å². The highest BCUT2D eigenvalue weighted by Gasteiger charge is 2.35. The van der Waals surface area contributed by atoms with E-state index in [0.29, 0.717) is 19.5 Å². The molecule has 1 aromatic carbocycles. The summed E-state index contributed by atoms with van der Waals surface area (Å²) in [5.41, 5.74) is 0.0444. The van der Waals surface area contributed by atoms with Crippen LogP contribution in [0.3, 0.4) is 0 Å². The maximum Gasteiger partial charge on any atom is 0.408 e. The van der Waals surface area contributed by atoms with Gasteiger partial charge in [0.1, 0.15) is 11.6 Å². The minimum atomic E-state index is -0.824. The summed E-state index contributed by atoms with van der Waals surface area (Å²) in [5, 5.41) is 13.7. The summed E-state index contributed by atoms with van der Waals surface area (Å²) < 4.78 is 5.39. The first-order valence-electron chi connectivity index (χ1n) is 10.2. The first kappa shape index (κ1) is 23.6. The smallest absolute Gasteiger partial charge is 0.408 e. The number of carbonyl (C=O) groups is 2. The number of nitrogens with zero attached hydrogens (tertiary/aromatic N) is 3. The van der Waals surface area contributed by atoms with Crippen molar-refractivity contribution < 1.29 is 19.2 Å². The Hall–Kier alpha value is -2.68. The highest BCUT2D eigenvalue weighted by Crippen LogP contribution is 2.27. The van der Waals surface area contributed by atoms with Crippen molar-refractivity contribution in [1.29, 1.82) is 0 Å². The molecule has 1 fully saturated rings. The fraction of sp³-hybridized carbons (Fsp3) is 0.619. The molecule has 2 rings (SSSR count). The van der Waals surface area contributed by atoms with Crippen LogP contribution in [0.25, 0.3) is 0 Å². The molecule has 2 amide bonds. The van der Waals surface area contributed by atoms with Gasteiger partial charge in [-0.3, -0.25) is 14.9 Å². The molecule has 1 aromatic rings. The van der Waals surface area contributed by atoms with E-state index in [-0.39, 0.29) is 17.5 Å². The molecule has 9 heteroatoms. The quantitative estimate of drug-likeness (QED) is 0.560. The van der Waals surface area contributed by atoms with Crippen molar-refractivity contribution in [2.75, 3.05) is 33.2 Å². The number of nitrogens with one attached hydrogen (secondary N) is 1. The van der Waals surface area contributed by atoms with E-state index in [1.165, 1.54) is 12.1 Å². The summed E-state index contributed by atoms with van der Waals surface area (Å²) in [6.07, 6.45) is -0.0899. The number of ether oxygens (including phenoxy) is 1. The molecule has 1 heterocycles. The maximum absolute atomic E-state index is 13.4. The SMILES string of the molecule is CCC(c1ccc([N+](=O)[O-])cc1)C(NC(=O)OC(C)(C)C)C(=O)N1CCN(C)CC1. The number of non-ortho nitro benzene ring substituents is 1. The Labute approximate surface area is 177 Å². The summed E-state index contributed by atoms with van der Waals surface area (Å²) in [6, 6.07) is 5.31. The molecule has 0 radical (unpaired) electrons. The molecule has 2 unspecified atom stereocenters. The number of amides is 2. The Balaban J connectivity index is 2.30. The van der Waals surface area contributed by atoms with Crippen molar-refractivity contribution in [3.05, 3.63) is 39.9 Å². The average Bonchev–Trinajstić information content (AvgIpc) is 2.67. The standard InChI is InChI=1S/C21H32N4O5/c1-6-17(15-7-9-16(10-8-15)25(28)29)18(22-20(27)30-21(2,3)4)19(26)24-13-11-23(5)12-14-24/h7-10,17-18H,6,11-14H2,1-5H3,(H,22,27). The molecule has 30 heavy (non-hydrogen) atoms. The Kier molecular flexibility index (Phi) is 7.77. The van der Waals surface area contributed by atoms with Crippen molar-refractivity contribution in [2.24, 2.45) is 0 Å². The number of alkyl carbamates (subject to hydrolysis) is 1. The fourth-order valence-electron chi connectivity index (χ4n) is 3.50. The van der Waals surface area contributed by atoms with E-state index in [0.717, 1.165) is 18.7 Å². The van der Waals surface area contributed by atoms with Gasteiger partial charge in [-0.05, 0) is 39.8 Å².